The fourth-order valence-electron chi connectivity index (χ4n) is 1.97. The number of hydrogen-bond donors (Lipinski definition) is 1. The third kappa shape index (κ3) is 4.38. The molecule has 0 spiro atoms. The highest BCUT2D eigenvalue weighted by atomic mass is 35.5. The molecule has 0 heterocycles. The topological polar surface area (TPSA) is 65.4 Å². The van der Waals surface area contributed by atoms with Gasteiger partial charge in [-0.3, -0.25) is 0 Å². The average molecular weight is 330 g/mol. The van der Waals surface area contributed by atoms with Gasteiger partial charge >= 0.3 is 6.03 Å². The number of hydrogen-bond acceptors (Lipinski definition) is 3. The third-order valence-corrected chi connectivity index (χ3v) is 3.58. The Morgan fingerprint density at radius 3 is 2.57 bits per heavy atom. The van der Waals surface area contributed by atoms with Crippen LogP contribution in [0.5, 0.6) is 5.75 Å². The summed E-state index contributed by atoms with van der Waals surface area (Å²) in [4.78, 5) is 13.7. The molecule has 0 saturated heterocycles. The first-order chi connectivity index (χ1) is 11.0. The van der Waals surface area contributed by atoms with Crippen molar-refractivity contribution in [2.24, 2.45) is 0 Å². The zero-order valence-corrected chi connectivity index (χ0v) is 13.6. The summed E-state index contributed by atoms with van der Waals surface area (Å²) >= 11 is 6.11. The number of carbonyl (C=O) groups is 1. The van der Waals surface area contributed by atoms with Crippen molar-refractivity contribution in [1.82, 2.24) is 4.90 Å². The summed E-state index contributed by atoms with van der Waals surface area (Å²) in [6.45, 7) is 0.422. The molecule has 2 aromatic rings. The van der Waals surface area contributed by atoms with Crippen LogP contribution in [0.1, 0.15) is 11.1 Å². The second-order valence-corrected chi connectivity index (χ2v) is 5.35. The van der Waals surface area contributed by atoms with Crippen molar-refractivity contribution < 1.29 is 9.53 Å². The molecule has 0 atom stereocenters. The van der Waals surface area contributed by atoms with Crippen molar-refractivity contribution in [3.05, 3.63) is 58.6 Å². The number of nitriles is 1. The molecular formula is C17H16ClN3O2. The molecule has 2 rings (SSSR count). The highest BCUT2D eigenvalue weighted by molar-refractivity contribution is 6.33. The maximum absolute atomic E-state index is 12.2. The molecule has 6 heteroatoms. The molecule has 0 aliphatic rings. The molecule has 1 N–H and O–H groups in total. The second-order valence-electron chi connectivity index (χ2n) is 4.94. The predicted molar refractivity (Wildman–Crippen MR) is 89.6 cm³/mol. The van der Waals surface area contributed by atoms with E-state index < -0.39 is 0 Å². The van der Waals surface area contributed by atoms with E-state index in [0.717, 1.165) is 5.56 Å². The van der Waals surface area contributed by atoms with Crippen LogP contribution in [-0.2, 0) is 6.54 Å². The predicted octanol–water partition coefficient (Wildman–Crippen LogP) is 3.88. The van der Waals surface area contributed by atoms with Gasteiger partial charge in [-0.1, -0.05) is 23.7 Å². The van der Waals surface area contributed by atoms with E-state index in [1.165, 1.54) is 4.90 Å². The van der Waals surface area contributed by atoms with E-state index in [1.54, 1.807) is 44.5 Å². The summed E-state index contributed by atoms with van der Waals surface area (Å²) in [6, 6.07) is 13.9. The van der Waals surface area contributed by atoms with Gasteiger partial charge in [-0.15, -0.1) is 0 Å². The van der Waals surface area contributed by atoms with Gasteiger partial charge in [0, 0.05) is 19.7 Å². The number of amides is 2. The zero-order chi connectivity index (χ0) is 16.8. The van der Waals surface area contributed by atoms with Crippen LogP contribution in [0, 0.1) is 11.3 Å². The third-order valence-electron chi connectivity index (χ3n) is 3.27. The molecule has 0 saturated carbocycles. The maximum Gasteiger partial charge on any atom is 0.321 e. The van der Waals surface area contributed by atoms with Crippen molar-refractivity contribution in [2.75, 3.05) is 19.5 Å². The number of methoxy groups -OCH3 is 1. The SMILES string of the molecule is COc1ccc(NC(=O)N(C)Cc2ccc(C#N)cc2)c(Cl)c1. The average Bonchev–Trinajstić information content (AvgIpc) is 2.57. The molecule has 0 fully saturated rings. The number of nitrogens with one attached hydrogen (secondary N) is 1. The number of carbonyl (C=O) groups excluding carboxylic acids is 1. The highest BCUT2D eigenvalue weighted by Gasteiger charge is 2.12. The quantitative estimate of drug-likeness (QED) is 0.925. The molecule has 2 amide bonds. The number of anilines is 1. The lowest BCUT2D eigenvalue weighted by Crippen LogP contribution is -2.30. The van der Waals surface area contributed by atoms with Crippen molar-refractivity contribution in [3.63, 3.8) is 0 Å². The van der Waals surface area contributed by atoms with Crippen LogP contribution in [0.2, 0.25) is 5.02 Å². The van der Waals surface area contributed by atoms with Gasteiger partial charge in [-0.2, -0.15) is 5.26 Å². The Morgan fingerprint density at radius 1 is 1.30 bits per heavy atom. The number of rotatable bonds is 4. The van der Waals surface area contributed by atoms with Crippen molar-refractivity contribution >= 4 is 23.3 Å². The zero-order valence-electron chi connectivity index (χ0n) is 12.8. The van der Waals surface area contributed by atoms with E-state index in [0.29, 0.717) is 28.6 Å². The van der Waals surface area contributed by atoms with Crippen LogP contribution in [0.25, 0.3) is 0 Å². The van der Waals surface area contributed by atoms with Crippen molar-refractivity contribution in [1.29, 1.82) is 5.26 Å². The molecular weight excluding hydrogens is 314 g/mol. The summed E-state index contributed by atoms with van der Waals surface area (Å²) in [5.74, 6) is 0.624. The van der Waals surface area contributed by atoms with Gasteiger partial charge in [0.2, 0.25) is 0 Å². The normalized spacial score (nSPS) is 9.83. The molecule has 0 aliphatic heterocycles. The Balaban J connectivity index is 2.00. The molecule has 118 valence electrons. The van der Waals surface area contributed by atoms with Crippen LogP contribution in [0.4, 0.5) is 10.5 Å². The van der Waals surface area contributed by atoms with Crippen LogP contribution in [0.3, 0.4) is 0 Å². The van der Waals surface area contributed by atoms with Gasteiger partial charge in [0.05, 0.1) is 29.5 Å². The lowest BCUT2D eigenvalue weighted by molar-refractivity contribution is 0.220. The summed E-state index contributed by atoms with van der Waals surface area (Å²) in [5, 5.41) is 11.9. The minimum Gasteiger partial charge on any atom is -0.497 e. The largest absolute Gasteiger partial charge is 0.497 e. The van der Waals surface area contributed by atoms with E-state index in [2.05, 4.69) is 11.4 Å². The number of ether oxygens (including phenoxy) is 1. The van der Waals surface area contributed by atoms with Crippen LogP contribution in [-0.4, -0.2) is 25.1 Å². The van der Waals surface area contributed by atoms with Crippen LogP contribution in [0.15, 0.2) is 42.5 Å². The van der Waals surface area contributed by atoms with Gasteiger partial charge in [-0.25, -0.2) is 4.79 Å². The number of halogens is 1. The fraction of sp³-hybridized carbons (Fsp3) is 0.176. The lowest BCUT2D eigenvalue weighted by atomic mass is 10.1. The molecule has 23 heavy (non-hydrogen) atoms. The Hall–Kier alpha value is -2.71. The Bertz CT molecular complexity index is 738. The highest BCUT2D eigenvalue weighted by Crippen LogP contribution is 2.26. The molecule has 0 unspecified atom stereocenters. The summed E-state index contributed by atoms with van der Waals surface area (Å²) in [7, 11) is 3.24. The van der Waals surface area contributed by atoms with Crippen molar-refractivity contribution in [3.8, 4) is 11.8 Å². The molecule has 0 radical (unpaired) electrons. The molecule has 0 aliphatic carbocycles. The minimum absolute atomic E-state index is 0.276. The lowest BCUT2D eigenvalue weighted by Gasteiger charge is -2.18. The summed E-state index contributed by atoms with van der Waals surface area (Å²) in [5.41, 5.74) is 2.04. The molecule has 5 nitrogen and oxygen atoms in total. The standard InChI is InChI=1S/C17H16ClN3O2/c1-21(11-13-5-3-12(10-19)4-6-13)17(22)20-16-8-7-14(23-2)9-15(16)18/h3-9H,11H2,1-2H3,(H,20,22). The monoisotopic (exact) mass is 329 g/mol. The first-order valence-electron chi connectivity index (χ1n) is 6.88. The molecule has 0 aromatic heterocycles. The number of urea groups is 1. The van der Waals surface area contributed by atoms with E-state index in [-0.39, 0.29) is 6.03 Å². The van der Waals surface area contributed by atoms with Crippen LogP contribution < -0.4 is 10.1 Å². The van der Waals surface area contributed by atoms with E-state index in [4.69, 9.17) is 21.6 Å². The Morgan fingerprint density at radius 2 is 2.00 bits per heavy atom. The summed E-state index contributed by atoms with van der Waals surface area (Å²) in [6.07, 6.45) is 0. The van der Waals surface area contributed by atoms with Gasteiger partial charge in [0.15, 0.2) is 0 Å². The fourth-order valence-corrected chi connectivity index (χ4v) is 2.18. The minimum atomic E-state index is -0.276. The molecule has 2 aromatic carbocycles. The Kier molecular flexibility index (Phi) is 5.45. The van der Waals surface area contributed by atoms with Crippen molar-refractivity contribution in [2.45, 2.75) is 6.54 Å². The van der Waals surface area contributed by atoms with Gasteiger partial charge in [-0.05, 0) is 29.8 Å². The summed E-state index contributed by atoms with van der Waals surface area (Å²) < 4.78 is 5.07. The number of nitrogens with zero attached hydrogens (tertiary/aromatic N) is 2. The van der Waals surface area contributed by atoms with Gasteiger partial charge in [0.1, 0.15) is 5.75 Å². The van der Waals surface area contributed by atoms with Gasteiger partial charge in [0.25, 0.3) is 0 Å². The van der Waals surface area contributed by atoms with Crippen LogP contribution >= 0.6 is 11.6 Å². The van der Waals surface area contributed by atoms with Gasteiger partial charge < -0.3 is 15.0 Å². The van der Waals surface area contributed by atoms with E-state index in [1.807, 2.05) is 12.1 Å². The first-order valence-corrected chi connectivity index (χ1v) is 7.26. The first kappa shape index (κ1) is 16.7. The maximum atomic E-state index is 12.2. The smallest absolute Gasteiger partial charge is 0.321 e. The number of benzene rings is 2. The Labute approximate surface area is 140 Å². The van der Waals surface area contributed by atoms with E-state index in [9.17, 15) is 4.79 Å². The molecule has 0 bridgehead atoms. The van der Waals surface area contributed by atoms with E-state index >= 15 is 0 Å². The second kappa shape index (κ2) is 7.52.